The number of ketones is 1. The molecule has 0 radical (unpaired) electrons. The van der Waals surface area contributed by atoms with Crippen LogP contribution in [0.4, 0.5) is 5.69 Å². The first kappa shape index (κ1) is 22.1. The number of benzene rings is 2. The maximum Gasteiger partial charge on any atom is 0.331 e. The maximum absolute atomic E-state index is 12.2. The average Bonchev–Trinajstić information content (AvgIpc) is 3.09. The van der Waals surface area contributed by atoms with Crippen molar-refractivity contribution in [3.05, 3.63) is 59.2 Å². The number of hydrogen-bond donors (Lipinski definition) is 1. The Kier molecular flexibility index (Phi) is 7.07. The van der Waals surface area contributed by atoms with Gasteiger partial charge in [-0.25, -0.2) is 4.79 Å². The van der Waals surface area contributed by atoms with E-state index in [2.05, 4.69) is 5.32 Å². The van der Waals surface area contributed by atoms with Crippen LogP contribution in [0.25, 0.3) is 6.08 Å². The van der Waals surface area contributed by atoms with Crippen molar-refractivity contribution in [3.8, 4) is 11.5 Å². The van der Waals surface area contributed by atoms with Crippen molar-refractivity contribution in [3.63, 3.8) is 0 Å². The van der Waals surface area contributed by atoms with Crippen LogP contribution in [0, 0.1) is 0 Å². The van der Waals surface area contributed by atoms with Gasteiger partial charge in [0.25, 0.3) is 0 Å². The molecule has 0 aliphatic carbocycles. The lowest BCUT2D eigenvalue weighted by atomic mass is 10.1. The molecule has 2 aromatic carbocycles. The van der Waals surface area contributed by atoms with E-state index in [1.165, 1.54) is 13.0 Å². The van der Waals surface area contributed by atoms with Crippen LogP contribution in [0.5, 0.6) is 11.5 Å². The van der Waals surface area contributed by atoms with E-state index >= 15 is 0 Å². The van der Waals surface area contributed by atoms with Gasteiger partial charge in [-0.2, -0.15) is 0 Å². The molecule has 1 aliphatic heterocycles. The highest BCUT2D eigenvalue weighted by Crippen LogP contribution is 2.35. The second-order valence-electron chi connectivity index (χ2n) is 7.19. The molecule has 0 unspecified atom stereocenters. The SMILES string of the molecule is CCOc1cc2c(cc1/C=C/C(=O)OCC(=O)c1ccc(NC(C)=O)cc1)O[C@@H](C)C2. The van der Waals surface area contributed by atoms with Gasteiger partial charge in [0.1, 0.15) is 17.6 Å². The standard InChI is InChI=1S/C24H25NO6/c1-4-29-22-13-19-11-15(2)31-23(19)12-18(22)7-10-24(28)30-14-21(27)17-5-8-20(9-6-17)25-16(3)26/h5-10,12-13,15H,4,11,14H2,1-3H3,(H,25,26)/b10-7+/t15-/m0/s1. The molecule has 0 fully saturated rings. The molecule has 0 aromatic heterocycles. The van der Waals surface area contributed by atoms with Crippen LogP contribution in [0.15, 0.2) is 42.5 Å². The first-order valence-corrected chi connectivity index (χ1v) is 10.1. The molecule has 1 atom stereocenters. The van der Waals surface area contributed by atoms with Crippen molar-refractivity contribution >= 4 is 29.4 Å². The summed E-state index contributed by atoms with van der Waals surface area (Å²) in [4.78, 5) is 35.4. The molecule has 1 heterocycles. The average molecular weight is 423 g/mol. The van der Waals surface area contributed by atoms with Gasteiger partial charge in [-0.05, 0) is 56.3 Å². The first-order valence-electron chi connectivity index (χ1n) is 10.1. The number of anilines is 1. The van der Waals surface area contributed by atoms with Gasteiger partial charge in [0.15, 0.2) is 12.4 Å². The Balaban J connectivity index is 1.60. The minimum Gasteiger partial charge on any atom is -0.493 e. The number of rotatable bonds is 8. The van der Waals surface area contributed by atoms with E-state index in [0.717, 1.165) is 17.7 Å². The summed E-state index contributed by atoms with van der Waals surface area (Å²) < 4.78 is 16.5. The van der Waals surface area contributed by atoms with E-state index < -0.39 is 5.97 Å². The third-order valence-electron chi connectivity index (χ3n) is 4.60. The van der Waals surface area contributed by atoms with Crippen LogP contribution in [0.3, 0.4) is 0 Å². The lowest BCUT2D eigenvalue weighted by Gasteiger charge is -2.10. The zero-order valence-electron chi connectivity index (χ0n) is 17.8. The maximum atomic E-state index is 12.2. The number of nitrogens with one attached hydrogen (secondary N) is 1. The summed E-state index contributed by atoms with van der Waals surface area (Å²) in [5, 5.41) is 2.62. The van der Waals surface area contributed by atoms with Gasteiger partial charge < -0.3 is 19.5 Å². The van der Waals surface area contributed by atoms with Crippen LogP contribution in [0.1, 0.15) is 42.3 Å². The summed E-state index contributed by atoms with van der Waals surface area (Å²) in [7, 11) is 0. The molecule has 0 saturated carbocycles. The van der Waals surface area contributed by atoms with Crippen molar-refractivity contribution in [2.45, 2.75) is 33.3 Å². The fourth-order valence-corrected chi connectivity index (χ4v) is 3.23. The minimum absolute atomic E-state index is 0.104. The van der Waals surface area contributed by atoms with Crippen molar-refractivity contribution in [1.82, 2.24) is 0 Å². The molecule has 31 heavy (non-hydrogen) atoms. The van der Waals surface area contributed by atoms with Gasteiger partial charge >= 0.3 is 5.97 Å². The smallest absolute Gasteiger partial charge is 0.331 e. The van der Waals surface area contributed by atoms with Gasteiger partial charge in [-0.15, -0.1) is 0 Å². The lowest BCUT2D eigenvalue weighted by molar-refractivity contribution is -0.136. The van der Waals surface area contributed by atoms with Crippen LogP contribution in [-0.2, 0) is 20.7 Å². The minimum atomic E-state index is -0.638. The van der Waals surface area contributed by atoms with Crippen molar-refractivity contribution in [2.24, 2.45) is 0 Å². The Morgan fingerprint density at radius 3 is 2.61 bits per heavy atom. The summed E-state index contributed by atoms with van der Waals surface area (Å²) in [6, 6.07) is 10.1. The topological polar surface area (TPSA) is 90.9 Å². The molecule has 1 aliphatic rings. The molecule has 7 nitrogen and oxygen atoms in total. The molecule has 1 amide bonds. The zero-order chi connectivity index (χ0) is 22.4. The van der Waals surface area contributed by atoms with Crippen molar-refractivity contribution in [1.29, 1.82) is 0 Å². The summed E-state index contributed by atoms with van der Waals surface area (Å²) >= 11 is 0. The zero-order valence-corrected chi connectivity index (χ0v) is 17.8. The normalized spacial score (nSPS) is 14.6. The van der Waals surface area contributed by atoms with E-state index in [1.54, 1.807) is 30.3 Å². The Labute approximate surface area is 181 Å². The van der Waals surface area contributed by atoms with E-state index in [0.29, 0.717) is 29.2 Å². The monoisotopic (exact) mass is 423 g/mol. The van der Waals surface area contributed by atoms with Gasteiger partial charge in [0, 0.05) is 41.8 Å². The number of Topliss-reactive ketones (excluding diaryl/α,β-unsaturated/α-hetero) is 1. The predicted octanol–water partition coefficient (Wildman–Crippen LogP) is 3.81. The highest BCUT2D eigenvalue weighted by Gasteiger charge is 2.21. The summed E-state index contributed by atoms with van der Waals surface area (Å²) in [6.07, 6.45) is 3.77. The number of hydrogen-bond acceptors (Lipinski definition) is 6. The molecule has 0 spiro atoms. The molecule has 0 saturated heterocycles. The van der Waals surface area contributed by atoms with Crippen LogP contribution in [-0.4, -0.2) is 37.0 Å². The molecule has 2 aromatic rings. The van der Waals surface area contributed by atoms with Gasteiger partial charge in [0.05, 0.1) is 6.61 Å². The summed E-state index contributed by atoms with van der Waals surface area (Å²) in [5.74, 6) is 0.267. The lowest BCUT2D eigenvalue weighted by Crippen LogP contribution is -2.13. The number of amides is 1. The van der Waals surface area contributed by atoms with Gasteiger partial charge in [-0.3, -0.25) is 9.59 Å². The fourth-order valence-electron chi connectivity index (χ4n) is 3.23. The Bertz CT molecular complexity index is 1010. The Hall–Kier alpha value is -3.61. The molecule has 0 bridgehead atoms. The predicted molar refractivity (Wildman–Crippen MR) is 116 cm³/mol. The van der Waals surface area contributed by atoms with Crippen LogP contribution in [0.2, 0.25) is 0 Å². The molecule has 1 N–H and O–H groups in total. The summed E-state index contributed by atoms with van der Waals surface area (Å²) in [5.41, 5.74) is 2.74. The first-order chi connectivity index (χ1) is 14.9. The number of ether oxygens (including phenoxy) is 3. The van der Waals surface area contributed by atoms with E-state index in [-0.39, 0.29) is 24.4 Å². The Morgan fingerprint density at radius 1 is 1.19 bits per heavy atom. The second kappa shape index (κ2) is 9.93. The highest BCUT2D eigenvalue weighted by molar-refractivity contribution is 5.99. The largest absolute Gasteiger partial charge is 0.493 e. The van der Waals surface area contributed by atoms with Crippen LogP contribution < -0.4 is 14.8 Å². The van der Waals surface area contributed by atoms with Crippen molar-refractivity contribution < 1.29 is 28.6 Å². The van der Waals surface area contributed by atoms with E-state index in [4.69, 9.17) is 14.2 Å². The quantitative estimate of drug-likeness (QED) is 0.394. The van der Waals surface area contributed by atoms with Gasteiger partial charge in [-0.1, -0.05) is 0 Å². The number of esters is 1. The van der Waals surface area contributed by atoms with Crippen LogP contribution >= 0.6 is 0 Å². The molecule has 3 rings (SSSR count). The Morgan fingerprint density at radius 2 is 1.94 bits per heavy atom. The fraction of sp³-hybridized carbons (Fsp3) is 0.292. The number of fused-ring (bicyclic) bond motifs is 1. The van der Waals surface area contributed by atoms with Gasteiger partial charge in [0.2, 0.25) is 5.91 Å². The molecule has 162 valence electrons. The third-order valence-corrected chi connectivity index (χ3v) is 4.60. The number of carbonyl (C=O) groups is 3. The molecular formula is C24H25NO6. The van der Waals surface area contributed by atoms with E-state index in [1.807, 2.05) is 26.0 Å². The second-order valence-corrected chi connectivity index (χ2v) is 7.19. The third kappa shape index (κ3) is 5.94. The molecular weight excluding hydrogens is 398 g/mol. The molecule has 7 heteroatoms. The number of carbonyl (C=O) groups excluding carboxylic acids is 3. The van der Waals surface area contributed by atoms with Crippen molar-refractivity contribution in [2.75, 3.05) is 18.5 Å². The van der Waals surface area contributed by atoms with E-state index in [9.17, 15) is 14.4 Å². The highest BCUT2D eigenvalue weighted by atomic mass is 16.5. The summed E-state index contributed by atoms with van der Waals surface area (Å²) in [6.45, 7) is 5.40.